The molecule has 0 atom stereocenters. The zero-order valence-corrected chi connectivity index (χ0v) is 12.1. The van der Waals surface area contributed by atoms with E-state index in [9.17, 15) is 0 Å². The minimum absolute atomic E-state index is 0.609. The van der Waals surface area contributed by atoms with E-state index in [0.29, 0.717) is 5.92 Å². The van der Waals surface area contributed by atoms with Gasteiger partial charge in [0.25, 0.3) is 0 Å². The number of rotatable bonds is 5. The van der Waals surface area contributed by atoms with Gasteiger partial charge in [-0.1, -0.05) is 43.7 Å². The fraction of sp³-hybridized carbons (Fsp3) is 0.529. The molecule has 1 heteroatoms. The molecular weight excluding hydrogens is 218 g/mol. The van der Waals surface area contributed by atoms with Gasteiger partial charge in [-0.05, 0) is 49.3 Å². The van der Waals surface area contributed by atoms with Gasteiger partial charge in [-0.15, -0.1) is 0 Å². The standard InChI is InChI=1S/C17H25N/c1-12(2)16(11-18-17-7-8-17)10-15-6-5-13(3)14(4)9-15/h5-6,9-10,12,17-18H,7-8,11H2,1-4H3. The van der Waals surface area contributed by atoms with Gasteiger partial charge in [0.1, 0.15) is 0 Å². The summed E-state index contributed by atoms with van der Waals surface area (Å²) in [7, 11) is 0. The van der Waals surface area contributed by atoms with E-state index in [4.69, 9.17) is 0 Å². The van der Waals surface area contributed by atoms with Crippen molar-refractivity contribution in [1.29, 1.82) is 0 Å². The van der Waals surface area contributed by atoms with Crippen LogP contribution in [0, 0.1) is 19.8 Å². The maximum Gasteiger partial charge on any atom is 0.0173 e. The highest BCUT2D eigenvalue weighted by molar-refractivity contribution is 5.55. The van der Waals surface area contributed by atoms with Crippen LogP contribution < -0.4 is 5.32 Å². The van der Waals surface area contributed by atoms with Crippen LogP contribution in [-0.2, 0) is 0 Å². The van der Waals surface area contributed by atoms with Crippen molar-refractivity contribution in [2.24, 2.45) is 5.92 Å². The second-order valence-corrected chi connectivity index (χ2v) is 5.87. The molecule has 0 radical (unpaired) electrons. The predicted octanol–water partition coefficient (Wildman–Crippen LogP) is 4.09. The molecule has 0 saturated heterocycles. The number of hydrogen-bond acceptors (Lipinski definition) is 1. The lowest BCUT2D eigenvalue weighted by atomic mass is 9.98. The van der Waals surface area contributed by atoms with Crippen LogP contribution in [0.25, 0.3) is 6.08 Å². The summed E-state index contributed by atoms with van der Waals surface area (Å²) in [5.74, 6) is 0.609. The van der Waals surface area contributed by atoms with Gasteiger partial charge >= 0.3 is 0 Å². The second kappa shape index (κ2) is 5.71. The zero-order valence-electron chi connectivity index (χ0n) is 12.1. The molecule has 1 N–H and O–H groups in total. The fourth-order valence-electron chi connectivity index (χ4n) is 2.04. The van der Waals surface area contributed by atoms with E-state index in [1.165, 1.54) is 35.1 Å². The van der Waals surface area contributed by atoms with Crippen molar-refractivity contribution in [2.45, 2.75) is 46.6 Å². The van der Waals surface area contributed by atoms with Crippen LogP contribution in [0.2, 0.25) is 0 Å². The lowest BCUT2D eigenvalue weighted by Gasteiger charge is -2.13. The van der Waals surface area contributed by atoms with E-state index < -0.39 is 0 Å². The van der Waals surface area contributed by atoms with Crippen LogP contribution >= 0.6 is 0 Å². The Morgan fingerprint density at radius 3 is 2.56 bits per heavy atom. The highest BCUT2D eigenvalue weighted by Gasteiger charge is 2.20. The highest BCUT2D eigenvalue weighted by atomic mass is 14.9. The van der Waals surface area contributed by atoms with Crippen molar-refractivity contribution in [3.63, 3.8) is 0 Å². The smallest absolute Gasteiger partial charge is 0.0173 e. The van der Waals surface area contributed by atoms with Gasteiger partial charge in [-0.3, -0.25) is 0 Å². The van der Waals surface area contributed by atoms with E-state index in [2.05, 4.69) is 57.3 Å². The molecule has 1 aromatic carbocycles. The molecule has 1 aliphatic rings. The number of aryl methyl sites for hydroxylation is 2. The summed E-state index contributed by atoms with van der Waals surface area (Å²) in [6, 6.07) is 7.51. The molecule has 1 fully saturated rings. The van der Waals surface area contributed by atoms with Crippen molar-refractivity contribution in [1.82, 2.24) is 5.32 Å². The van der Waals surface area contributed by atoms with Crippen LogP contribution in [0.1, 0.15) is 43.4 Å². The van der Waals surface area contributed by atoms with Crippen molar-refractivity contribution in [3.05, 3.63) is 40.5 Å². The number of hydrogen-bond donors (Lipinski definition) is 1. The van der Waals surface area contributed by atoms with Gasteiger partial charge in [0.15, 0.2) is 0 Å². The highest BCUT2D eigenvalue weighted by Crippen LogP contribution is 2.21. The molecule has 98 valence electrons. The average Bonchev–Trinajstić information content (AvgIpc) is 3.12. The van der Waals surface area contributed by atoms with Gasteiger partial charge in [0.05, 0.1) is 0 Å². The molecule has 0 heterocycles. The van der Waals surface area contributed by atoms with E-state index in [0.717, 1.165) is 12.6 Å². The van der Waals surface area contributed by atoms with Gasteiger partial charge < -0.3 is 5.32 Å². The fourth-order valence-corrected chi connectivity index (χ4v) is 2.04. The molecule has 0 aliphatic heterocycles. The van der Waals surface area contributed by atoms with E-state index in [1.807, 2.05) is 0 Å². The molecule has 0 bridgehead atoms. The zero-order chi connectivity index (χ0) is 13.1. The van der Waals surface area contributed by atoms with Crippen LogP contribution in [0.5, 0.6) is 0 Å². The lowest BCUT2D eigenvalue weighted by molar-refractivity contribution is 0.662. The summed E-state index contributed by atoms with van der Waals surface area (Å²) in [5, 5.41) is 3.62. The second-order valence-electron chi connectivity index (χ2n) is 5.87. The van der Waals surface area contributed by atoms with Crippen LogP contribution in [-0.4, -0.2) is 12.6 Å². The van der Waals surface area contributed by atoms with E-state index in [-0.39, 0.29) is 0 Å². The molecule has 1 saturated carbocycles. The molecule has 18 heavy (non-hydrogen) atoms. The Morgan fingerprint density at radius 2 is 2.00 bits per heavy atom. The molecule has 2 rings (SSSR count). The van der Waals surface area contributed by atoms with E-state index >= 15 is 0 Å². The monoisotopic (exact) mass is 243 g/mol. The van der Waals surface area contributed by atoms with Gasteiger partial charge in [0, 0.05) is 12.6 Å². The molecular formula is C17H25N. The Kier molecular flexibility index (Phi) is 4.23. The topological polar surface area (TPSA) is 12.0 Å². The number of benzene rings is 1. The van der Waals surface area contributed by atoms with Crippen molar-refractivity contribution < 1.29 is 0 Å². The van der Waals surface area contributed by atoms with Crippen LogP contribution in [0.3, 0.4) is 0 Å². The molecule has 1 aromatic rings. The summed E-state index contributed by atoms with van der Waals surface area (Å²) < 4.78 is 0. The van der Waals surface area contributed by atoms with Gasteiger partial charge in [-0.25, -0.2) is 0 Å². The quantitative estimate of drug-likeness (QED) is 0.821. The minimum Gasteiger partial charge on any atom is -0.310 e. The molecule has 0 unspecified atom stereocenters. The van der Waals surface area contributed by atoms with Gasteiger partial charge in [0.2, 0.25) is 0 Å². The van der Waals surface area contributed by atoms with E-state index in [1.54, 1.807) is 0 Å². The Morgan fingerprint density at radius 1 is 1.28 bits per heavy atom. The first-order valence-corrected chi connectivity index (χ1v) is 7.07. The molecule has 0 spiro atoms. The molecule has 0 aromatic heterocycles. The third-order valence-corrected chi connectivity index (χ3v) is 3.80. The maximum atomic E-state index is 3.62. The Labute approximate surface area is 111 Å². The summed E-state index contributed by atoms with van der Waals surface area (Å²) >= 11 is 0. The number of nitrogens with one attached hydrogen (secondary N) is 1. The van der Waals surface area contributed by atoms with Crippen molar-refractivity contribution in [3.8, 4) is 0 Å². The summed E-state index contributed by atoms with van der Waals surface area (Å²) in [4.78, 5) is 0. The van der Waals surface area contributed by atoms with Crippen LogP contribution in [0.4, 0.5) is 0 Å². The first-order valence-electron chi connectivity index (χ1n) is 7.07. The summed E-state index contributed by atoms with van der Waals surface area (Å²) in [6.07, 6.45) is 5.07. The largest absolute Gasteiger partial charge is 0.310 e. The normalized spacial score (nSPS) is 16.4. The first-order chi connectivity index (χ1) is 8.56. The third kappa shape index (κ3) is 3.71. The van der Waals surface area contributed by atoms with Crippen LogP contribution in [0.15, 0.2) is 23.8 Å². The summed E-state index contributed by atoms with van der Waals surface area (Å²) in [5.41, 5.74) is 5.58. The molecule has 0 amide bonds. The van der Waals surface area contributed by atoms with Gasteiger partial charge in [-0.2, -0.15) is 0 Å². The lowest BCUT2D eigenvalue weighted by Crippen LogP contribution is -2.21. The van der Waals surface area contributed by atoms with Crippen molar-refractivity contribution in [2.75, 3.05) is 6.54 Å². The minimum atomic E-state index is 0.609. The first kappa shape index (κ1) is 13.4. The Bertz CT molecular complexity index is 439. The third-order valence-electron chi connectivity index (χ3n) is 3.80. The average molecular weight is 243 g/mol. The Balaban J connectivity index is 2.11. The van der Waals surface area contributed by atoms with Crippen molar-refractivity contribution >= 4 is 6.08 Å². The molecule has 1 aliphatic carbocycles. The maximum absolute atomic E-state index is 3.62. The SMILES string of the molecule is Cc1ccc(C=C(CNC2CC2)C(C)C)cc1C. The predicted molar refractivity (Wildman–Crippen MR) is 79.8 cm³/mol. The Hall–Kier alpha value is -1.08. The molecule has 1 nitrogen and oxygen atoms in total. The summed E-state index contributed by atoms with van der Waals surface area (Å²) in [6.45, 7) is 9.95.